The fourth-order valence-corrected chi connectivity index (χ4v) is 18.4. The van der Waals surface area contributed by atoms with Crippen LogP contribution >= 0.6 is 0 Å². The summed E-state index contributed by atoms with van der Waals surface area (Å²) in [5.41, 5.74) is 1.11. The average Bonchev–Trinajstić information content (AvgIpc) is 3.15. The summed E-state index contributed by atoms with van der Waals surface area (Å²) in [4.78, 5) is 5.06. The molecule has 0 aliphatic rings. The second-order valence-corrected chi connectivity index (χ2v) is 20.4. The molecule has 1 aromatic heterocycles. The van der Waals surface area contributed by atoms with E-state index in [4.69, 9.17) is 9.40 Å². The van der Waals surface area contributed by atoms with E-state index in [1.807, 2.05) is 12.3 Å². The molecule has 0 unspecified atom stereocenters. The van der Waals surface area contributed by atoms with Gasteiger partial charge in [0.05, 0.1) is 0 Å². The zero-order valence-corrected chi connectivity index (χ0v) is 19.2. The van der Waals surface area contributed by atoms with E-state index < -0.39 is 18.4 Å². The van der Waals surface area contributed by atoms with Gasteiger partial charge in [-0.05, 0) is 0 Å². The molecule has 2 rings (SSSR count). The summed E-state index contributed by atoms with van der Waals surface area (Å²) in [6.07, 6.45) is 11.4. The van der Waals surface area contributed by atoms with E-state index in [0.717, 1.165) is 11.5 Å². The predicted molar refractivity (Wildman–Crippen MR) is 111 cm³/mol. The summed E-state index contributed by atoms with van der Waals surface area (Å²) < 4.78 is 11.7. The first-order chi connectivity index (χ1) is 12.3. The van der Waals surface area contributed by atoms with Crippen LogP contribution < -0.4 is 3.71 Å². The van der Waals surface area contributed by atoms with Crippen molar-refractivity contribution >= 4 is 22.1 Å². The van der Waals surface area contributed by atoms with Crippen LogP contribution in [-0.4, -0.2) is 23.4 Å². The van der Waals surface area contributed by atoms with Crippen LogP contribution in [0.25, 0.3) is 11.5 Å². The number of unbranched alkanes of at least 4 members (excludes halogenated alkanes) is 4. The Hall–Kier alpha value is -0.771. The van der Waals surface area contributed by atoms with Gasteiger partial charge < -0.3 is 0 Å². The van der Waals surface area contributed by atoms with Crippen molar-refractivity contribution < 1.29 is 4.42 Å². The Morgan fingerprint density at radius 3 is 2.00 bits per heavy atom. The van der Waals surface area contributed by atoms with Crippen molar-refractivity contribution in [2.75, 3.05) is 0 Å². The second kappa shape index (κ2) is 11.1. The summed E-state index contributed by atoms with van der Waals surface area (Å²) in [6, 6.07) is 10.4. The molecule has 0 amide bonds. The van der Waals surface area contributed by atoms with Gasteiger partial charge in [-0.2, -0.15) is 0 Å². The summed E-state index contributed by atoms with van der Waals surface area (Å²) in [6.45, 7) is 6.94. The number of oxazole rings is 1. The van der Waals surface area contributed by atoms with E-state index in [2.05, 4.69) is 45.0 Å². The fraction of sp³-hybridized carbons (Fsp3) is 0.591. The minimum absolute atomic E-state index is 0.820. The Morgan fingerprint density at radius 2 is 1.40 bits per heavy atom. The first kappa shape index (κ1) is 20.5. The van der Waals surface area contributed by atoms with Crippen molar-refractivity contribution in [1.82, 2.24) is 4.98 Å². The standard InChI is InChI=1S/C9H6NO.C5H11.2C4H9.Sn/c1-2-4-8(5-3-1)9-10-6-7-11-9;1-3-5-4-2;2*1-3-4-2;/h1-5,7H;1,3-5H2,2H3;2*1,3-4H2,2H3;. The third kappa shape index (κ3) is 5.87. The van der Waals surface area contributed by atoms with Crippen LogP contribution in [0.15, 0.2) is 41.0 Å². The van der Waals surface area contributed by atoms with Gasteiger partial charge in [0, 0.05) is 0 Å². The van der Waals surface area contributed by atoms with E-state index in [-0.39, 0.29) is 0 Å². The molecular formula is C22H35NOSn. The van der Waals surface area contributed by atoms with Crippen LogP contribution in [0.3, 0.4) is 0 Å². The first-order valence-electron chi connectivity index (χ1n) is 10.3. The Bertz CT molecular complexity index is 585. The maximum absolute atomic E-state index is 5.96. The Morgan fingerprint density at radius 1 is 0.800 bits per heavy atom. The SMILES string of the molecule is CCCC[CH2][Sn]([CH2]CCC)([CH2]CCC)[c]1coc(-c2ccccc2)n1. The van der Waals surface area contributed by atoms with Crippen LogP contribution in [0.5, 0.6) is 0 Å². The molecule has 2 aromatic rings. The van der Waals surface area contributed by atoms with Gasteiger partial charge in [-0.15, -0.1) is 0 Å². The predicted octanol–water partition coefficient (Wildman–Crippen LogP) is 6.79. The molecule has 0 radical (unpaired) electrons. The van der Waals surface area contributed by atoms with E-state index in [1.165, 1.54) is 62.0 Å². The number of hydrogen-bond acceptors (Lipinski definition) is 2. The fourth-order valence-electron chi connectivity index (χ4n) is 3.73. The molecule has 0 spiro atoms. The van der Waals surface area contributed by atoms with Crippen LogP contribution in [-0.2, 0) is 0 Å². The molecule has 0 bridgehead atoms. The van der Waals surface area contributed by atoms with Crippen molar-refractivity contribution in [2.45, 2.75) is 79.0 Å². The van der Waals surface area contributed by atoms with Gasteiger partial charge in [0.1, 0.15) is 0 Å². The van der Waals surface area contributed by atoms with Crippen LogP contribution in [0.4, 0.5) is 0 Å². The molecule has 0 saturated carbocycles. The number of aromatic nitrogens is 1. The molecule has 138 valence electrons. The van der Waals surface area contributed by atoms with Gasteiger partial charge in [-0.3, -0.25) is 0 Å². The summed E-state index contributed by atoms with van der Waals surface area (Å²) in [5, 5.41) is 0. The van der Waals surface area contributed by atoms with Crippen LogP contribution in [0.1, 0.15) is 65.7 Å². The van der Waals surface area contributed by atoms with Crippen LogP contribution in [0, 0.1) is 0 Å². The number of benzene rings is 1. The summed E-state index contributed by atoms with van der Waals surface area (Å²) >= 11 is -2.47. The molecule has 0 saturated heterocycles. The van der Waals surface area contributed by atoms with Gasteiger partial charge >= 0.3 is 159 Å². The first-order valence-corrected chi connectivity index (χ1v) is 17.7. The third-order valence-electron chi connectivity index (χ3n) is 5.34. The zero-order valence-electron chi connectivity index (χ0n) is 16.4. The molecule has 3 heteroatoms. The van der Waals surface area contributed by atoms with Gasteiger partial charge in [0.2, 0.25) is 0 Å². The molecule has 0 aliphatic carbocycles. The Balaban J connectivity index is 2.29. The van der Waals surface area contributed by atoms with Crippen molar-refractivity contribution in [3.05, 3.63) is 36.6 Å². The number of hydrogen-bond donors (Lipinski definition) is 0. The molecule has 0 fully saturated rings. The maximum atomic E-state index is 5.96. The van der Waals surface area contributed by atoms with Crippen molar-refractivity contribution in [1.29, 1.82) is 0 Å². The van der Waals surface area contributed by atoms with Crippen molar-refractivity contribution in [3.63, 3.8) is 0 Å². The molecule has 25 heavy (non-hydrogen) atoms. The van der Waals surface area contributed by atoms with E-state index in [9.17, 15) is 0 Å². The van der Waals surface area contributed by atoms with Crippen molar-refractivity contribution in [3.8, 4) is 11.5 Å². The molecular weight excluding hydrogens is 413 g/mol. The second-order valence-electron chi connectivity index (χ2n) is 7.35. The quantitative estimate of drug-likeness (QED) is 0.264. The molecule has 0 aliphatic heterocycles. The number of rotatable bonds is 12. The topological polar surface area (TPSA) is 26.0 Å². The van der Waals surface area contributed by atoms with Gasteiger partial charge in [-0.1, -0.05) is 0 Å². The molecule has 0 N–H and O–H groups in total. The van der Waals surface area contributed by atoms with E-state index in [1.54, 1.807) is 0 Å². The van der Waals surface area contributed by atoms with Gasteiger partial charge in [0.15, 0.2) is 0 Å². The molecule has 2 nitrogen and oxygen atoms in total. The average molecular weight is 448 g/mol. The Kier molecular flexibility index (Phi) is 9.08. The van der Waals surface area contributed by atoms with Gasteiger partial charge in [0.25, 0.3) is 0 Å². The number of nitrogens with zero attached hydrogens (tertiary/aromatic N) is 1. The normalized spacial score (nSPS) is 11.8. The van der Waals surface area contributed by atoms with E-state index in [0.29, 0.717) is 0 Å². The monoisotopic (exact) mass is 449 g/mol. The molecule has 1 aromatic carbocycles. The summed E-state index contributed by atoms with van der Waals surface area (Å²) in [5.74, 6) is 0.820. The minimum atomic E-state index is -2.47. The third-order valence-corrected chi connectivity index (χ3v) is 20.3. The zero-order chi connectivity index (χ0) is 18.0. The van der Waals surface area contributed by atoms with Gasteiger partial charge in [-0.25, -0.2) is 0 Å². The molecule has 0 atom stereocenters. The summed E-state index contributed by atoms with van der Waals surface area (Å²) in [7, 11) is 0. The Labute approximate surface area is 158 Å². The van der Waals surface area contributed by atoms with Crippen LogP contribution in [0.2, 0.25) is 13.3 Å². The van der Waals surface area contributed by atoms with E-state index >= 15 is 0 Å². The molecule has 1 heterocycles. The van der Waals surface area contributed by atoms with Crippen molar-refractivity contribution in [2.24, 2.45) is 0 Å².